The van der Waals surface area contributed by atoms with Crippen LogP contribution in [-0.4, -0.2) is 63.7 Å². The van der Waals surface area contributed by atoms with E-state index in [0.29, 0.717) is 38.4 Å². The highest BCUT2D eigenvalue weighted by Gasteiger charge is 2.30. The number of nitrogens with one attached hydrogen (secondary N) is 2. The van der Waals surface area contributed by atoms with Gasteiger partial charge in [-0.3, -0.25) is 14.4 Å². The molecule has 2 N–H and O–H groups in total. The van der Waals surface area contributed by atoms with Crippen LogP contribution in [0.5, 0.6) is 0 Å². The van der Waals surface area contributed by atoms with E-state index in [0.717, 1.165) is 40.6 Å². The van der Waals surface area contributed by atoms with Gasteiger partial charge >= 0.3 is 0 Å². The summed E-state index contributed by atoms with van der Waals surface area (Å²) < 4.78 is 0. The molecule has 1 aliphatic carbocycles. The van der Waals surface area contributed by atoms with E-state index < -0.39 is 0 Å². The number of hydrogen-bond donors (Lipinski definition) is 2. The molecule has 33 heavy (non-hydrogen) atoms. The summed E-state index contributed by atoms with van der Waals surface area (Å²) in [5.74, 6) is 0.809. The van der Waals surface area contributed by atoms with Gasteiger partial charge in [-0.25, -0.2) is 4.98 Å². The molecule has 2 aliphatic rings. The van der Waals surface area contributed by atoms with Gasteiger partial charge in [-0.15, -0.1) is 0 Å². The minimum Gasteiger partial charge on any atom is -0.346 e. The van der Waals surface area contributed by atoms with Crippen LogP contribution in [-0.2, 0) is 20.8 Å². The Balaban J connectivity index is 1.30. The van der Waals surface area contributed by atoms with Crippen LogP contribution in [0.3, 0.4) is 0 Å². The van der Waals surface area contributed by atoms with E-state index in [1.54, 1.807) is 11.8 Å². The molecule has 8 heteroatoms. The molecule has 3 amide bonds. The first-order valence-electron chi connectivity index (χ1n) is 11.4. The Labute approximate surface area is 192 Å². The summed E-state index contributed by atoms with van der Waals surface area (Å²) in [6.45, 7) is 3.90. The second-order valence-corrected chi connectivity index (χ2v) is 8.82. The monoisotopic (exact) mass is 445 g/mol. The molecule has 0 bridgehead atoms. The molecule has 0 atom stereocenters. The lowest BCUT2D eigenvalue weighted by Gasteiger charge is -2.34. The minimum absolute atomic E-state index is 0.0253. The summed E-state index contributed by atoms with van der Waals surface area (Å²) in [5.41, 5.74) is 3.64. The van der Waals surface area contributed by atoms with Crippen molar-refractivity contribution >= 4 is 34.6 Å². The number of anilines is 1. The van der Waals surface area contributed by atoms with Crippen molar-refractivity contribution in [1.82, 2.24) is 19.8 Å². The van der Waals surface area contributed by atoms with Crippen molar-refractivity contribution in [2.24, 2.45) is 5.92 Å². The van der Waals surface area contributed by atoms with Gasteiger partial charge in [-0.1, -0.05) is 24.3 Å². The zero-order chi connectivity index (χ0) is 22.9. The van der Waals surface area contributed by atoms with Gasteiger partial charge in [0, 0.05) is 50.6 Å². The van der Waals surface area contributed by atoms with Gasteiger partial charge in [-0.2, -0.15) is 0 Å². The van der Waals surface area contributed by atoms with E-state index in [9.17, 15) is 14.4 Å². The van der Waals surface area contributed by atoms with Gasteiger partial charge in [0.2, 0.25) is 17.7 Å². The highest BCUT2D eigenvalue weighted by atomic mass is 16.2. The second kappa shape index (κ2) is 8.69. The molecule has 0 radical (unpaired) electrons. The van der Waals surface area contributed by atoms with Gasteiger partial charge < -0.3 is 20.1 Å². The van der Waals surface area contributed by atoms with Gasteiger partial charge in [0.1, 0.15) is 11.5 Å². The van der Waals surface area contributed by atoms with Crippen LogP contribution in [0.4, 0.5) is 5.82 Å². The largest absolute Gasteiger partial charge is 0.346 e. The Hall–Kier alpha value is -3.68. The van der Waals surface area contributed by atoms with Crippen molar-refractivity contribution in [2.45, 2.75) is 26.2 Å². The van der Waals surface area contributed by atoms with Crippen molar-refractivity contribution in [3.63, 3.8) is 0 Å². The zero-order valence-corrected chi connectivity index (χ0v) is 18.6. The second-order valence-electron chi connectivity index (χ2n) is 8.82. The normalized spacial score (nSPS) is 16.2. The van der Waals surface area contributed by atoms with Crippen LogP contribution in [0.15, 0.2) is 42.6 Å². The Kier molecular flexibility index (Phi) is 5.58. The first-order valence-corrected chi connectivity index (χ1v) is 11.4. The van der Waals surface area contributed by atoms with Crippen molar-refractivity contribution in [2.75, 3.05) is 31.5 Å². The number of H-pyrrole nitrogens is 1. The fraction of sp³-hybridized carbons (Fsp3) is 0.360. The third-order valence-electron chi connectivity index (χ3n) is 6.43. The Morgan fingerprint density at radius 1 is 1.03 bits per heavy atom. The number of rotatable bonds is 5. The molecular formula is C25H27N5O3. The molecule has 3 heterocycles. The third kappa shape index (κ3) is 4.60. The first-order chi connectivity index (χ1) is 16.0. The van der Waals surface area contributed by atoms with Crippen LogP contribution in [0.2, 0.25) is 0 Å². The molecule has 2 fully saturated rings. The molecule has 1 saturated carbocycles. The predicted molar refractivity (Wildman–Crippen MR) is 125 cm³/mol. The quantitative estimate of drug-likeness (QED) is 0.631. The number of pyridine rings is 1. The number of aromatic nitrogens is 2. The van der Waals surface area contributed by atoms with E-state index in [1.165, 1.54) is 0 Å². The first kappa shape index (κ1) is 21.2. The standard InChI is InChI=1S/C25H27N5O3/c1-16(31)29-10-12-30(13-11-29)23(32)14-17-2-4-18(5-3-17)21-15-22(28-25(33)19-6-7-19)27-24-20(21)8-9-26-24/h2-5,8-9,15,19H,6-7,10-14H2,1H3,(H2,26,27,28,33). The van der Waals surface area contributed by atoms with E-state index in [2.05, 4.69) is 15.3 Å². The maximum absolute atomic E-state index is 12.7. The number of nitrogens with zero attached hydrogens (tertiary/aromatic N) is 3. The average molecular weight is 446 g/mol. The maximum atomic E-state index is 12.7. The maximum Gasteiger partial charge on any atom is 0.228 e. The summed E-state index contributed by atoms with van der Waals surface area (Å²) in [6.07, 6.45) is 4.05. The number of aromatic amines is 1. The molecular weight excluding hydrogens is 418 g/mol. The highest BCUT2D eigenvalue weighted by Crippen LogP contribution is 2.33. The number of fused-ring (bicyclic) bond motifs is 1. The molecule has 3 aromatic rings. The van der Waals surface area contributed by atoms with Crippen LogP contribution < -0.4 is 5.32 Å². The molecule has 1 aliphatic heterocycles. The number of piperazine rings is 1. The molecule has 1 aromatic carbocycles. The van der Waals surface area contributed by atoms with E-state index in [-0.39, 0.29) is 23.6 Å². The highest BCUT2D eigenvalue weighted by molar-refractivity contribution is 5.99. The summed E-state index contributed by atoms with van der Waals surface area (Å²) >= 11 is 0. The third-order valence-corrected chi connectivity index (χ3v) is 6.43. The number of carbonyl (C=O) groups is 3. The number of carbonyl (C=O) groups excluding carboxylic acids is 3. The summed E-state index contributed by atoms with van der Waals surface area (Å²) in [6, 6.07) is 11.8. The molecule has 8 nitrogen and oxygen atoms in total. The summed E-state index contributed by atoms with van der Waals surface area (Å²) in [5, 5.41) is 3.91. The Morgan fingerprint density at radius 2 is 1.73 bits per heavy atom. The molecule has 5 rings (SSSR count). The lowest BCUT2D eigenvalue weighted by molar-refractivity contribution is -0.138. The van der Waals surface area contributed by atoms with Gasteiger partial charge in [0.15, 0.2) is 0 Å². The van der Waals surface area contributed by atoms with Crippen molar-refractivity contribution in [3.8, 4) is 11.1 Å². The number of hydrogen-bond acceptors (Lipinski definition) is 4. The summed E-state index contributed by atoms with van der Waals surface area (Å²) in [4.78, 5) is 47.7. The van der Waals surface area contributed by atoms with Crippen LogP contribution in [0.1, 0.15) is 25.3 Å². The molecule has 0 unspecified atom stereocenters. The van der Waals surface area contributed by atoms with Crippen molar-refractivity contribution in [1.29, 1.82) is 0 Å². The smallest absolute Gasteiger partial charge is 0.228 e. The van der Waals surface area contributed by atoms with Gasteiger partial charge in [-0.05, 0) is 41.7 Å². The van der Waals surface area contributed by atoms with Gasteiger partial charge in [0.25, 0.3) is 0 Å². The van der Waals surface area contributed by atoms with Crippen LogP contribution in [0, 0.1) is 5.92 Å². The van der Waals surface area contributed by atoms with Crippen LogP contribution >= 0.6 is 0 Å². The summed E-state index contributed by atoms with van der Waals surface area (Å²) in [7, 11) is 0. The Bertz CT molecular complexity index is 1200. The lowest BCUT2D eigenvalue weighted by atomic mass is 10.0. The average Bonchev–Trinajstić information content (AvgIpc) is 3.57. The molecule has 1 saturated heterocycles. The number of benzene rings is 1. The van der Waals surface area contributed by atoms with E-state index in [4.69, 9.17) is 0 Å². The SMILES string of the molecule is CC(=O)N1CCN(C(=O)Cc2ccc(-c3cc(NC(=O)C4CC4)nc4[nH]ccc34)cc2)CC1. The van der Waals surface area contributed by atoms with E-state index in [1.807, 2.05) is 47.5 Å². The minimum atomic E-state index is 0.0253. The van der Waals surface area contributed by atoms with Crippen LogP contribution in [0.25, 0.3) is 22.2 Å². The lowest BCUT2D eigenvalue weighted by Crippen LogP contribution is -2.50. The fourth-order valence-electron chi connectivity index (χ4n) is 4.27. The topological polar surface area (TPSA) is 98.4 Å². The van der Waals surface area contributed by atoms with Crippen molar-refractivity contribution in [3.05, 3.63) is 48.2 Å². The zero-order valence-electron chi connectivity index (χ0n) is 18.6. The molecule has 170 valence electrons. The molecule has 0 spiro atoms. The van der Waals surface area contributed by atoms with Gasteiger partial charge in [0.05, 0.1) is 6.42 Å². The predicted octanol–water partition coefficient (Wildman–Crippen LogP) is 2.81. The molecule has 2 aromatic heterocycles. The Morgan fingerprint density at radius 3 is 2.39 bits per heavy atom. The fourth-order valence-corrected chi connectivity index (χ4v) is 4.27. The number of amides is 3. The van der Waals surface area contributed by atoms with E-state index >= 15 is 0 Å². The van der Waals surface area contributed by atoms with Crippen molar-refractivity contribution < 1.29 is 14.4 Å².